The SMILES string of the molecule is Cc1nn(N(C)C)cc1-c1ccccc1. The topological polar surface area (TPSA) is 21.1 Å². The van der Waals surface area contributed by atoms with E-state index in [4.69, 9.17) is 0 Å². The molecule has 2 aromatic rings. The third kappa shape index (κ3) is 1.86. The van der Waals surface area contributed by atoms with E-state index < -0.39 is 0 Å². The Labute approximate surface area is 89.9 Å². The van der Waals surface area contributed by atoms with Crippen LogP contribution in [0, 0.1) is 6.92 Å². The lowest BCUT2D eigenvalue weighted by atomic mass is 10.1. The molecule has 0 saturated heterocycles. The van der Waals surface area contributed by atoms with Crippen LogP contribution < -0.4 is 5.01 Å². The molecule has 1 heterocycles. The van der Waals surface area contributed by atoms with Gasteiger partial charge in [0.1, 0.15) is 0 Å². The molecule has 0 saturated carbocycles. The molecule has 2 rings (SSSR count). The summed E-state index contributed by atoms with van der Waals surface area (Å²) in [6.45, 7) is 2.03. The maximum atomic E-state index is 4.43. The van der Waals surface area contributed by atoms with Crippen LogP contribution in [-0.2, 0) is 0 Å². The Bertz CT molecular complexity index is 443. The Balaban J connectivity index is 2.45. The fourth-order valence-corrected chi connectivity index (χ4v) is 1.55. The summed E-state index contributed by atoms with van der Waals surface area (Å²) < 4.78 is 0. The summed E-state index contributed by atoms with van der Waals surface area (Å²) in [4.78, 5) is 1.84. The fraction of sp³-hybridized carbons (Fsp3) is 0.250. The number of aryl methyl sites for hydroxylation is 1. The second kappa shape index (κ2) is 3.77. The van der Waals surface area contributed by atoms with E-state index in [0.29, 0.717) is 0 Å². The van der Waals surface area contributed by atoms with Crippen LogP contribution in [0.4, 0.5) is 0 Å². The predicted octanol–water partition coefficient (Wildman–Crippen LogP) is 2.06. The molecule has 3 nitrogen and oxygen atoms in total. The molecule has 0 aliphatic rings. The first-order valence-corrected chi connectivity index (χ1v) is 4.98. The number of hydrogen-bond acceptors (Lipinski definition) is 2. The number of rotatable bonds is 2. The Morgan fingerprint density at radius 1 is 1.13 bits per heavy atom. The molecule has 1 aromatic carbocycles. The first-order chi connectivity index (χ1) is 7.18. The van der Waals surface area contributed by atoms with Crippen LogP contribution in [-0.4, -0.2) is 24.0 Å². The van der Waals surface area contributed by atoms with E-state index in [1.807, 2.05) is 55.2 Å². The molecule has 0 N–H and O–H groups in total. The van der Waals surface area contributed by atoms with Crippen LogP contribution >= 0.6 is 0 Å². The third-order valence-corrected chi connectivity index (χ3v) is 2.38. The highest BCUT2D eigenvalue weighted by atomic mass is 15.6. The molecule has 0 radical (unpaired) electrons. The highest BCUT2D eigenvalue weighted by Crippen LogP contribution is 2.21. The summed E-state index contributed by atoms with van der Waals surface area (Å²) in [5.41, 5.74) is 3.45. The molecule has 78 valence electrons. The highest BCUT2D eigenvalue weighted by molar-refractivity contribution is 5.64. The van der Waals surface area contributed by atoms with E-state index in [2.05, 4.69) is 17.2 Å². The molecule has 0 bridgehead atoms. The first-order valence-electron chi connectivity index (χ1n) is 4.98. The van der Waals surface area contributed by atoms with Crippen LogP contribution in [0.3, 0.4) is 0 Å². The van der Waals surface area contributed by atoms with Gasteiger partial charge in [-0.3, -0.25) is 0 Å². The quantitative estimate of drug-likeness (QED) is 0.741. The first kappa shape index (κ1) is 9.77. The van der Waals surface area contributed by atoms with Crippen LogP contribution in [0.2, 0.25) is 0 Å². The Morgan fingerprint density at radius 2 is 1.80 bits per heavy atom. The smallest absolute Gasteiger partial charge is 0.0693 e. The van der Waals surface area contributed by atoms with Crippen molar-refractivity contribution in [3.63, 3.8) is 0 Å². The summed E-state index contributed by atoms with van der Waals surface area (Å²) in [6.07, 6.45) is 2.05. The van der Waals surface area contributed by atoms with Crippen molar-refractivity contribution < 1.29 is 0 Å². The van der Waals surface area contributed by atoms with Crippen molar-refractivity contribution in [1.29, 1.82) is 0 Å². The van der Waals surface area contributed by atoms with E-state index in [1.165, 1.54) is 11.1 Å². The van der Waals surface area contributed by atoms with Gasteiger partial charge in [-0.2, -0.15) is 9.89 Å². The van der Waals surface area contributed by atoms with Crippen LogP contribution in [0.5, 0.6) is 0 Å². The van der Waals surface area contributed by atoms with Crippen molar-refractivity contribution in [2.24, 2.45) is 0 Å². The molecule has 3 heteroatoms. The fourth-order valence-electron chi connectivity index (χ4n) is 1.55. The summed E-state index contributed by atoms with van der Waals surface area (Å²) in [7, 11) is 3.95. The van der Waals surface area contributed by atoms with Gasteiger partial charge < -0.3 is 5.01 Å². The summed E-state index contributed by atoms with van der Waals surface area (Å²) in [6, 6.07) is 10.3. The van der Waals surface area contributed by atoms with Gasteiger partial charge in [0.2, 0.25) is 0 Å². The Hall–Kier alpha value is -1.77. The second-order valence-corrected chi connectivity index (χ2v) is 3.76. The van der Waals surface area contributed by atoms with Gasteiger partial charge in [-0.25, -0.2) is 0 Å². The largest absolute Gasteiger partial charge is 0.303 e. The molecule has 1 aromatic heterocycles. The summed E-state index contributed by atoms with van der Waals surface area (Å²) >= 11 is 0. The van der Waals surface area contributed by atoms with Crippen molar-refractivity contribution in [1.82, 2.24) is 9.89 Å². The Kier molecular flexibility index (Phi) is 2.46. The minimum Gasteiger partial charge on any atom is -0.303 e. The van der Waals surface area contributed by atoms with Gasteiger partial charge in [0.25, 0.3) is 0 Å². The van der Waals surface area contributed by atoms with Gasteiger partial charge in [0.15, 0.2) is 0 Å². The van der Waals surface area contributed by atoms with Gasteiger partial charge in [-0.05, 0) is 12.5 Å². The highest BCUT2D eigenvalue weighted by Gasteiger charge is 2.07. The average Bonchev–Trinajstić information content (AvgIpc) is 2.62. The van der Waals surface area contributed by atoms with Crippen molar-refractivity contribution in [3.05, 3.63) is 42.2 Å². The molecule has 15 heavy (non-hydrogen) atoms. The number of hydrogen-bond donors (Lipinski definition) is 0. The zero-order valence-electron chi connectivity index (χ0n) is 9.31. The van der Waals surface area contributed by atoms with Crippen molar-refractivity contribution in [2.45, 2.75) is 6.92 Å². The summed E-state index contributed by atoms with van der Waals surface area (Å²) in [5.74, 6) is 0. The van der Waals surface area contributed by atoms with E-state index in [0.717, 1.165) is 5.69 Å². The monoisotopic (exact) mass is 201 g/mol. The normalized spacial score (nSPS) is 10.3. The van der Waals surface area contributed by atoms with E-state index in [1.54, 1.807) is 0 Å². The molecule has 0 aliphatic heterocycles. The van der Waals surface area contributed by atoms with Crippen molar-refractivity contribution >= 4 is 0 Å². The van der Waals surface area contributed by atoms with Crippen molar-refractivity contribution in [3.8, 4) is 11.1 Å². The molecule has 0 atom stereocenters. The number of aromatic nitrogens is 2. The molecule has 0 amide bonds. The molecule has 0 aliphatic carbocycles. The van der Waals surface area contributed by atoms with Crippen molar-refractivity contribution in [2.75, 3.05) is 19.1 Å². The van der Waals surface area contributed by atoms with Gasteiger partial charge in [-0.1, -0.05) is 30.3 Å². The lowest BCUT2D eigenvalue weighted by Gasteiger charge is -2.10. The molecule has 0 fully saturated rings. The minimum atomic E-state index is 1.05. The lowest BCUT2D eigenvalue weighted by Crippen LogP contribution is -2.25. The van der Waals surface area contributed by atoms with Gasteiger partial charge in [-0.15, -0.1) is 0 Å². The summed E-state index contributed by atoms with van der Waals surface area (Å²) in [5, 5.41) is 6.37. The van der Waals surface area contributed by atoms with Crippen LogP contribution in [0.25, 0.3) is 11.1 Å². The zero-order chi connectivity index (χ0) is 10.8. The average molecular weight is 201 g/mol. The Morgan fingerprint density at radius 3 is 2.33 bits per heavy atom. The van der Waals surface area contributed by atoms with E-state index >= 15 is 0 Å². The van der Waals surface area contributed by atoms with E-state index in [9.17, 15) is 0 Å². The van der Waals surface area contributed by atoms with Crippen LogP contribution in [0.15, 0.2) is 36.5 Å². The predicted molar refractivity (Wildman–Crippen MR) is 62.5 cm³/mol. The van der Waals surface area contributed by atoms with Gasteiger partial charge >= 0.3 is 0 Å². The lowest BCUT2D eigenvalue weighted by molar-refractivity contribution is 0.633. The number of benzene rings is 1. The number of nitrogens with zero attached hydrogens (tertiary/aromatic N) is 3. The molecule has 0 spiro atoms. The standard InChI is InChI=1S/C12H15N3/c1-10-12(9-15(13-10)14(2)3)11-7-5-4-6-8-11/h4-9H,1-3H3. The van der Waals surface area contributed by atoms with Gasteiger partial charge in [0.05, 0.1) is 11.9 Å². The molecular formula is C12H15N3. The zero-order valence-corrected chi connectivity index (χ0v) is 9.31. The maximum Gasteiger partial charge on any atom is 0.0693 e. The van der Waals surface area contributed by atoms with Crippen LogP contribution in [0.1, 0.15) is 5.69 Å². The third-order valence-electron chi connectivity index (χ3n) is 2.38. The second-order valence-electron chi connectivity index (χ2n) is 3.76. The maximum absolute atomic E-state index is 4.43. The molecule has 0 unspecified atom stereocenters. The van der Waals surface area contributed by atoms with Gasteiger partial charge in [0, 0.05) is 19.7 Å². The molecular weight excluding hydrogens is 186 g/mol. The van der Waals surface area contributed by atoms with E-state index in [-0.39, 0.29) is 0 Å². The minimum absolute atomic E-state index is 1.05.